The molecule has 0 bridgehead atoms. The minimum atomic E-state index is 0.576. The smallest absolute Gasteiger partial charge is 0.164 e. The molecule has 0 fully saturated rings. The Morgan fingerprint density at radius 2 is 0.726 bits per heavy atom. The van der Waals surface area contributed by atoms with Crippen LogP contribution in [0.4, 0.5) is 0 Å². The Balaban J connectivity index is 0.979. The second-order valence-electron chi connectivity index (χ2n) is 15.6. The summed E-state index contributed by atoms with van der Waals surface area (Å²) in [5, 5.41) is 4.33. The molecular weight excluding hydrogens is 757 g/mol. The van der Waals surface area contributed by atoms with Crippen LogP contribution in [-0.2, 0) is 0 Å². The van der Waals surface area contributed by atoms with E-state index in [9.17, 15) is 0 Å². The third-order valence-electron chi connectivity index (χ3n) is 11.9. The number of benzene rings is 9. The van der Waals surface area contributed by atoms with Gasteiger partial charge in [0.05, 0.1) is 16.4 Å². The fourth-order valence-electron chi connectivity index (χ4n) is 8.78. The lowest BCUT2D eigenvalue weighted by Gasteiger charge is -2.10. The predicted molar refractivity (Wildman–Crippen MR) is 254 cm³/mol. The molecule has 0 unspecified atom stereocenters. The van der Waals surface area contributed by atoms with Crippen LogP contribution < -0.4 is 0 Å². The van der Waals surface area contributed by atoms with E-state index in [4.69, 9.17) is 19.4 Å². The first-order valence-corrected chi connectivity index (χ1v) is 20.8. The zero-order valence-electron chi connectivity index (χ0n) is 33.5. The zero-order valence-corrected chi connectivity index (χ0v) is 33.5. The highest BCUT2D eigenvalue weighted by Gasteiger charge is 2.20. The summed E-state index contributed by atoms with van der Waals surface area (Å²) in [6, 6.07) is 76.2. The Labute approximate surface area is 357 Å². The summed E-state index contributed by atoms with van der Waals surface area (Å²) in [5.74, 6) is 1.79. The van der Waals surface area contributed by atoms with Crippen LogP contribution >= 0.6 is 0 Å². The van der Waals surface area contributed by atoms with E-state index >= 15 is 0 Å². The standard InChI is InChI=1S/C57H36N4O/c1-4-12-37(13-5-1)40-20-24-43(25-21-40)55-58-56(44-26-22-41(23-27-44)38-14-6-2-7-15-38)60-57(59-55)45-30-33-47-48-34-35-51-53(54(48)62-52(47)36-45)49-18-10-11-19-50(49)61(51)46-31-28-42(29-32-46)39-16-8-3-9-17-39/h1-36H. The number of fused-ring (bicyclic) bond motifs is 7. The minimum absolute atomic E-state index is 0.576. The van der Waals surface area contributed by atoms with E-state index in [1.54, 1.807) is 0 Å². The van der Waals surface area contributed by atoms with E-state index in [0.717, 1.165) is 88.4 Å². The molecule has 0 aliphatic heterocycles. The van der Waals surface area contributed by atoms with E-state index in [0.29, 0.717) is 17.5 Å². The van der Waals surface area contributed by atoms with Crippen molar-refractivity contribution >= 4 is 43.7 Å². The van der Waals surface area contributed by atoms with Crippen molar-refractivity contribution in [1.29, 1.82) is 0 Å². The molecule has 5 heteroatoms. The SMILES string of the molecule is c1ccc(-c2ccc(-c3nc(-c4ccc(-c5ccccc5)cc4)nc(-c4ccc5c(c4)oc4c5ccc5c4c4ccccc4n5-c4ccc(-c5ccccc5)cc4)n3)cc2)cc1. The monoisotopic (exact) mass is 792 g/mol. The summed E-state index contributed by atoms with van der Waals surface area (Å²) in [5.41, 5.74) is 14.6. The first kappa shape index (κ1) is 35.5. The number of hydrogen-bond donors (Lipinski definition) is 0. The van der Waals surface area contributed by atoms with Crippen molar-refractivity contribution in [2.24, 2.45) is 0 Å². The summed E-state index contributed by atoms with van der Waals surface area (Å²) in [6.07, 6.45) is 0. The van der Waals surface area contributed by atoms with Gasteiger partial charge in [-0.05, 0) is 75.8 Å². The summed E-state index contributed by atoms with van der Waals surface area (Å²) in [7, 11) is 0. The maximum atomic E-state index is 6.92. The third kappa shape index (κ3) is 6.14. The molecule has 9 aromatic carbocycles. The molecule has 0 amide bonds. The lowest BCUT2D eigenvalue weighted by molar-refractivity contribution is 0.673. The molecule has 0 saturated heterocycles. The van der Waals surface area contributed by atoms with Crippen LogP contribution in [0.5, 0.6) is 0 Å². The Kier molecular flexibility index (Phi) is 8.42. The van der Waals surface area contributed by atoms with Crippen molar-refractivity contribution in [3.05, 3.63) is 218 Å². The van der Waals surface area contributed by atoms with Gasteiger partial charge in [-0.2, -0.15) is 0 Å². The van der Waals surface area contributed by atoms with Gasteiger partial charge in [0.25, 0.3) is 0 Å². The van der Waals surface area contributed by atoms with Crippen molar-refractivity contribution in [2.75, 3.05) is 0 Å². The molecule has 12 aromatic rings. The topological polar surface area (TPSA) is 56.7 Å². The summed E-state index contributed by atoms with van der Waals surface area (Å²) in [4.78, 5) is 15.3. The van der Waals surface area contributed by atoms with Crippen molar-refractivity contribution < 1.29 is 4.42 Å². The van der Waals surface area contributed by atoms with E-state index in [2.05, 4.69) is 211 Å². The first-order valence-electron chi connectivity index (χ1n) is 20.8. The number of para-hydroxylation sites is 1. The Bertz CT molecular complexity index is 3480. The van der Waals surface area contributed by atoms with Gasteiger partial charge in [-0.25, -0.2) is 15.0 Å². The maximum Gasteiger partial charge on any atom is 0.164 e. The molecule has 12 rings (SSSR count). The fourth-order valence-corrected chi connectivity index (χ4v) is 8.78. The van der Waals surface area contributed by atoms with Crippen molar-refractivity contribution in [1.82, 2.24) is 19.5 Å². The molecule has 5 nitrogen and oxygen atoms in total. The predicted octanol–water partition coefficient (Wildman–Crippen LogP) is 14.9. The average Bonchev–Trinajstić information content (AvgIpc) is 3.90. The fraction of sp³-hybridized carbons (Fsp3) is 0. The summed E-state index contributed by atoms with van der Waals surface area (Å²) >= 11 is 0. The third-order valence-corrected chi connectivity index (χ3v) is 11.9. The van der Waals surface area contributed by atoms with E-state index in [1.165, 1.54) is 11.1 Å². The highest BCUT2D eigenvalue weighted by molar-refractivity contribution is 6.24. The Hall–Kier alpha value is -8.41. The molecule has 0 radical (unpaired) electrons. The van der Waals surface area contributed by atoms with Crippen molar-refractivity contribution in [2.45, 2.75) is 0 Å². The van der Waals surface area contributed by atoms with Crippen LogP contribution in [0.1, 0.15) is 0 Å². The van der Waals surface area contributed by atoms with Crippen molar-refractivity contribution in [3.8, 4) is 73.2 Å². The molecule has 0 aliphatic rings. The van der Waals surface area contributed by atoms with E-state index < -0.39 is 0 Å². The van der Waals surface area contributed by atoms with Crippen molar-refractivity contribution in [3.63, 3.8) is 0 Å². The number of rotatable bonds is 7. The van der Waals surface area contributed by atoms with Crippen LogP contribution in [-0.4, -0.2) is 19.5 Å². The van der Waals surface area contributed by atoms with Gasteiger partial charge < -0.3 is 8.98 Å². The van der Waals surface area contributed by atoms with Gasteiger partial charge >= 0.3 is 0 Å². The number of furan rings is 1. The highest BCUT2D eigenvalue weighted by Crippen LogP contribution is 2.42. The lowest BCUT2D eigenvalue weighted by Crippen LogP contribution is -2.00. The highest BCUT2D eigenvalue weighted by atomic mass is 16.3. The van der Waals surface area contributed by atoms with Crippen LogP contribution in [0.3, 0.4) is 0 Å². The Morgan fingerprint density at radius 1 is 0.306 bits per heavy atom. The minimum Gasteiger partial charge on any atom is -0.455 e. The summed E-state index contributed by atoms with van der Waals surface area (Å²) < 4.78 is 9.26. The second kappa shape index (κ2) is 14.7. The van der Waals surface area contributed by atoms with E-state index in [1.807, 2.05) is 12.1 Å². The average molecular weight is 793 g/mol. The quantitative estimate of drug-likeness (QED) is 0.161. The van der Waals surface area contributed by atoms with Gasteiger partial charge in [0.1, 0.15) is 11.2 Å². The van der Waals surface area contributed by atoms with Gasteiger partial charge in [-0.15, -0.1) is 0 Å². The molecule has 0 spiro atoms. The number of aromatic nitrogens is 4. The van der Waals surface area contributed by atoms with Gasteiger partial charge in [0.2, 0.25) is 0 Å². The molecular formula is C57H36N4O. The van der Waals surface area contributed by atoms with Crippen LogP contribution in [0, 0.1) is 0 Å². The summed E-state index contributed by atoms with van der Waals surface area (Å²) in [6.45, 7) is 0. The molecule has 3 aromatic heterocycles. The molecule has 0 aliphatic carbocycles. The Morgan fingerprint density at radius 3 is 1.27 bits per heavy atom. The van der Waals surface area contributed by atoms with Crippen LogP contribution in [0.2, 0.25) is 0 Å². The molecule has 62 heavy (non-hydrogen) atoms. The van der Waals surface area contributed by atoms with Gasteiger partial charge in [-0.1, -0.05) is 176 Å². The van der Waals surface area contributed by atoms with Gasteiger partial charge in [-0.3, -0.25) is 0 Å². The zero-order chi connectivity index (χ0) is 41.0. The number of nitrogens with zero attached hydrogens (tertiary/aromatic N) is 4. The normalized spacial score (nSPS) is 11.5. The maximum absolute atomic E-state index is 6.92. The molecule has 0 atom stereocenters. The molecule has 290 valence electrons. The lowest BCUT2D eigenvalue weighted by atomic mass is 10.0. The number of hydrogen-bond acceptors (Lipinski definition) is 4. The molecule has 3 heterocycles. The van der Waals surface area contributed by atoms with Crippen LogP contribution in [0.25, 0.3) is 117 Å². The largest absolute Gasteiger partial charge is 0.455 e. The first-order chi connectivity index (χ1) is 30.7. The van der Waals surface area contributed by atoms with Gasteiger partial charge in [0, 0.05) is 38.5 Å². The van der Waals surface area contributed by atoms with Gasteiger partial charge in [0.15, 0.2) is 17.5 Å². The molecule has 0 saturated carbocycles. The van der Waals surface area contributed by atoms with E-state index in [-0.39, 0.29) is 0 Å². The second-order valence-corrected chi connectivity index (χ2v) is 15.6. The molecule has 0 N–H and O–H groups in total. The van der Waals surface area contributed by atoms with Crippen LogP contribution in [0.15, 0.2) is 223 Å².